The molecule has 2 fully saturated rings. The molecule has 1 saturated carbocycles. The molecular formula is C22H23N5O3S. The Morgan fingerprint density at radius 1 is 1.26 bits per heavy atom. The summed E-state index contributed by atoms with van der Waals surface area (Å²) < 4.78 is 5.31. The first kappa shape index (κ1) is 21.1. The van der Waals surface area contributed by atoms with E-state index >= 15 is 0 Å². The Bertz CT molecular complexity index is 1010. The van der Waals surface area contributed by atoms with Gasteiger partial charge in [0, 0.05) is 44.0 Å². The van der Waals surface area contributed by atoms with Crippen molar-refractivity contribution in [1.82, 2.24) is 14.9 Å². The number of pyridine rings is 2. The van der Waals surface area contributed by atoms with Gasteiger partial charge < -0.3 is 14.5 Å². The minimum absolute atomic E-state index is 0.191. The molecular weight excluding hydrogens is 414 g/mol. The number of amides is 1. The smallest absolute Gasteiger partial charge is 0.340 e. The van der Waals surface area contributed by atoms with Crippen molar-refractivity contribution in [2.75, 3.05) is 43.9 Å². The van der Waals surface area contributed by atoms with E-state index in [0.717, 1.165) is 24.4 Å². The maximum Gasteiger partial charge on any atom is 0.340 e. The maximum absolute atomic E-state index is 12.7. The molecule has 9 heteroatoms. The molecule has 160 valence electrons. The molecule has 0 unspecified atom stereocenters. The van der Waals surface area contributed by atoms with Gasteiger partial charge in [-0.3, -0.25) is 4.79 Å². The van der Waals surface area contributed by atoms with Gasteiger partial charge in [0.1, 0.15) is 16.9 Å². The van der Waals surface area contributed by atoms with Gasteiger partial charge in [-0.1, -0.05) is 6.07 Å². The fourth-order valence-corrected chi connectivity index (χ4v) is 4.12. The standard InChI is InChI=1S/C22H23N5O3S/c1-31-21-17(13-23)16(12-18(25-21)15-5-6-15)22(29)30-14-20(28)27-10-8-26(9-11-27)19-4-2-3-7-24-19/h2-4,7,12,15H,5-6,8-11,14H2,1H3. The van der Waals surface area contributed by atoms with Crippen LogP contribution in [0.15, 0.2) is 35.5 Å². The summed E-state index contributed by atoms with van der Waals surface area (Å²) in [5.41, 5.74) is 1.21. The van der Waals surface area contributed by atoms with Crippen molar-refractivity contribution in [3.63, 3.8) is 0 Å². The molecule has 0 N–H and O–H groups in total. The predicted octanol–water partition coefficient (Wildman–Crippen LogP) is 2.45. The third-order valence-corrected chi connectivity index (χ3v) is 6.14. The van der Waals surface area contributed by atoms with Crippen LogP contribution in [0, 0.1) is 11.3 Å². The van der Waals surface area contributed by atoms with Crippen LogP contribution in [0.1, 0.15) is 40.4 Å². The zero-order valence-electron chi connectivity index (χ0n) is 17.3. The molecule has 0 radical (unpaired) electrons. The third kappa shape index (κ3) is 4.80. The molecule has 2 aromatic rings. The second-order valence-electron chi connectivity index (χ2n) is 7.50. The second kappa shape index (κ2) is 9.35. The SMILES string of the molecule is CSc1nc(C2CC2)cc(C(=O)OCC(=O)N2CCN(c3ccccn3)CC2)c1C#N. The molecule has 0 atom stereocenters. The van der Waals surface area contributed by atoms with Crippen molar-refractivity contribution in [3.05, 3.63) is 47.3 Å². The van der Waals surface area contributed by atoms with E-state index in [1.165, 1.54) is 11.8 Å². The number of carbonyl (C=O) groups excluding carboxylic acids is 2. The summed E-state index contributed by atoms with van der Waals surface area (Å²) >= 11 is 1.33. The topological polar surface area (TPSA) is 99.4 Å². The molecule has 4 rings (SSSR count). The molecule has 2 aliphatic rings. The summed E-state index contributed by atoms with van der Waals surface area (Å²) in [7, 11) is 0. The van der Waals surface area contributed by atoms with Gasteiger partial charge in [-0.15, -0.1) is 11.8 Å². The van der Waals surface area contributed by atoms with Crippen molar-refractivity contribution in [3.8, 4) is 6.07 Å². The first-order valence-corrected chi connectivity index (χ1v) is 11.4. The fourth-order valence-electron chi connectivity index (χ4n) is 3.57. The van der Waals surface area contributed by atoms with Crippen LogP contribution in [0.25, 0.3) is 0 Å². The highest BCUT2D eigenvalue weighted by atomic mass is 32.2. The Balaban J connectivity index is 1.36. The van der Waals surface area contributed by atoms with Gasteiger partial charge in [0.05, 0.1) is 11.1 Å². The van der Waals surface area contributed by atoms with Crippen LogP contribution in [-0.2, 0) is 9.53 Å². The number of esters is 1. The molecule has 0 spiro atoms. The number of nitriles is 1. The summed E-state index contributed by atoms with van der Waals surface area (Å²) in [6, 6.07) is 9.46. The van der Waals surface area contributed by atoms with Crippen LogP contribution in [0.5, 0.6) is 0 Å². The van der Waals surface area contributed by atoms with E-state index < -0.39 is 5.97 Å². The number of nitrogens with zero attached hydrogens (tertiary/aromatic N) is 5. The van der Waals surface area contributed by atoms with Crippen LogP contribution < -0.4 is 4.90 Å². The first-order chi connectivity index (χ1) is 15.1. The van der Waals surface area contributed by atoms with Gasteiger partial charge in [0.2, 0.25) is 0 Å². The lowest BCUT2D eigenvalue weighted by molar-refractivity contribution is -0.134. The predicted molar refractivity (Wildman–Crippen MR) is 116 cm³/mol. The summed E-state index contributed by atoms with van der Waals surface area (Å²) in [6.45, 7) is 2.06. The zero-order valence-corrected chi connectivity index (χ0v) is 18.1. The average Bonchev–Trinajstić information content (AvgIpc) is 3.67. The van der Waals surface area contributed by atoms with Gasteiger partial charge in [0.25, 0.3) is 5.91 Å². The minimum Gasteiger partial charge on any atom is -0.452 e. The van der Waals surface area contributed by atoms with E-state index in [1.54, 1.807) is 17.2 Å². The number of thioether (sulfide) groups is 1. The number of carbonyl (C=O) groups is 2. The van der Waals surface area contributed by atoms with Crippen LogP contribution in [0.3, 0.4) is 0 Å². The molecule has 31 heavy (non-hydrogen) atoms. The monoisotopic (exact) mass is 437 g/mol. The van der Waals surface area contributed by atoms with Crippen LogP contribution >= 0.6 is 11.8 Å². The highest BCUT2D eigenvalue weighted by molar-refractivity contribution is 7.98. The molecule has 1 aliphatic heterocycles. The highest BCUT2D eigenvalue weighted by Crippen LogP contribution is 2.40. The van der Waals surface area contributed by atoms with Crippen molar-refractivity contribution >= 4 is 29.5 Å². The van der Waals surface area contributed by atoms with E-state index in [-0.39, 0.29) is 23.6 Å². The average molecular weight is 438 g/mol. The Hall–Kier alpha value is -3.12. The summed E-state index contributed by atoms with van der Waals surface area (Å²) in [6.07, 6.45) is 5.63. The Kier molecular flexibility index (Phi) is 6.37. The Morgan fingerprint density at radius 2 is 2.03 bits per heavy atom. The molecule has 0 aromatic carbocycles. The van der Waals surface area contributed by atoms with Crippen molar-refractivity contribution < 1.29 is 14.3 Å². The molecule has 1 amide bonds. The van der Waals surface area contributed by atoms with Crippen LogP contribution in [0.4, 0.5) is 5.82 Å². The summed E-state index contributed by atoms with van der Waals surface area (Å²) in [5.74, 6) is 0.326. The normalized spacial score (nSPS) is 16.0. The lowest BCUT2D eigenvalue weighted by Crippen LogP contribution is -2.50. The largest absolute Gasteiger partial charge is 0.452 e. The van der Waals surface area contributed by atoms with Crippen LogP contribution in [-0.4, -0.2) is 65.8 Å². The van der Waals surface area contributed by atoms with Gasteiger partial charge in [-0.25, -0.2) is 14.8 Å². The van der Waals surface area contributed by atoms with Gasteiger partial charge >= 0.3 is 5.97 Å². The van der Waals surface area contributed by atoms with Gasteiger partial charge in [-0.05, 0) is 37.3 Å². The number of hydrogen-bond donors (Lipinski definition) is 0. The minimum atomic E-state index is -0.656. The van der Waals surface area contributed by atoms with E-state index in [0.29, 0.717) is 37.1 Å². The number of hydrogen-bond acceptors (Lipinski definition) is 8. The number of anilines is 1. The van der Waals surface area contributed by atoms with Gasteiger partial charge in [0.15, 0.2) is 6.61 Å². The summed E-state index contributed by atoms with van der Waals surface area (Å²) in [4.78, 5) is 38.0. The quantitative estimate of drug-likeness (QED) is 0.502. The lowest BCUT2D eigenvalue weighted by Gasteiger charge is -2.35. The molecule has 8 nitrogen and oxygen atoms in total. The van der Waals surface area contributed by atoms with Crippen molar-refractivity contribution in [2.45, 2.75) is 23.8 Å². The molecule has 1 aliphatic carbocycles. The van der Waals surface area contributed by atoms with Crippen LogP contribution in [0.2, 0.25) is 0 Å². The highest BCUT2D eigenvalue weighted by Gasteiger charge is 2.29. The zero-order chi connectivity index (χ0) is 21.8. The molecule has 2 aromatic heterocycles. The van der Waals surface area contributed by atoms with E-state index in [2.05, 4.69) is 20.9 Å². The van der Waals surface area contributed by atoms with E-state index in [4.69, 9.17) is 4.74 Å². The maximum atomic E-state index is 12.7. The Morgan fingerprint density at radius 3 is 2.65 bits per heavy atom. The molecule has 1 saturated heterocycles. The third-order valence-electron chi connectivity index (χ3n) is 5.46. The number of rotatable bonds is 6. The lowest BCUT2D eigenvalue weighted by atomic mass is 10.1. The number of aromatic nitrogens is 2. The van der Waals surface area contributed by atoms with Gasteiger partial charge in [-0.2, -0.15) is 5.26 Å². The number of piperazine rings is 1. The van der Waals surface area contributed by atoms with Crippen molar-refractivity contribution in [2.24, 2.45) is 0 Å². The Labute approximate surface area is 185 Å². The first-order valence-electron chi connectivity index (χ1n) is 10.2. The fraction of sp³-hybridized carbons (Fsp3) is 0.409. The summed E-state index contributed by atoms with van der Waals surface area (Å²) in [5, 5.41) is 10.1. The molecule has 0 bridgehead atoms. The second-order valence-corrected chi connectivity index (χ2v) is 8.29. The molecule has 3 heterocycles. The van der Waals surface area contributed by atoms with E-state index in [1.807, 2.05) is 24.5 Å². The number of ether oxygens (including phenoxy) is 1. The van der Waals surface area contributed by atoms with E-state index in [9.17, 15) is 14.9 Å². The van der Waals surface area contributed by atoms with Crippen molar-refractivity contribution in [1.29, 1.82) is 5.26 Å².